The van der Waals surface area contributed by atoms with Crippen molar-refractivity contribution in [3.05, 3.63) is 34.9 Å². The Hall–Kier alpha value is -1.26. The summed E-state index contributed by atoms with van der Waals surface area (Å²) in [6.45, 7) is 0.984. The molecule has 1 aromatic rings. The van der Waals surface area contributed by atoms with Gasteiger partial charge in [0.05, 0.1) is 12.6 Å². The first-order valence-corrected chi connectivity index (χ1v) is 5.89. The molecule has 1 saturated heterocycles. The first-order chi connectivity index (χ1) is 8.13. The molecule has 1 atom stereocenters. The predicted molar refractivity (Wildman–Crippen MR) is 66.0 cm³/mol. The second kappa shape index (κ2) is 4.94. The number of amides is 2. The number of nitrogens with zero attached hydrogens (tertiary/aromatic N) is 2. The van der Waals surface area contributed by atoms with Gasteiger partial charge in [0.1, 0.15) is 0 Å². The Morgan fingerprint density at radius 3 is 2.65 bits per heavy atom. The first-order valence-electron chi connectivity index (χ1n) is 5.51. The summed E-state index contributed by atoms with van der Waals surface area (Å²) in [5.41, 5.74) is 1.06. The number of hydrogen-bond donors (Lipinski definition) is 1. The van der Waals surface area contributed by atoms with Gasteiger partial charge in [-0.25, -0.2) is 4.79 Å². The molecule has 1 fully saturated rings. The SMILES string of the molecule is CN1C(=O)N(CCO)CC1c1ccc(Cl)cc1. The highest BCUT2D eigenvalue weighted by atomic mass is 35.5. The number of carbonyl (C=O) groups excluding carboxylic acids is 1. The summed E-state index contributed by atoms with van der Waals surface area (Å²) in [4.78, 5) is 15.2. The fourth-order valence-corrected chi connectivity index (χ4v) is 2.21. The molecule has 1 heterocycles. The zero-order chi connectivity index (χ0) is 12.4. The summed E-state index contributed by atoms with van der Waals surface area (Å²) in [7, 11) is 1.78. The Morgan fingerprint density at radius 1 is 1.41 bits per heavy atom. The minimum atomic E-state index is -0.0426. The van der Waals surface area contributed by atoms with Gasteiger partial charge in [0.15, 0.2) is 0 Å². The zero-order valence-electron chi connectivity index (χ0n) is 9.64. The quantitative estimate of drug-likeness (QED) is 0.893. The van der Waals surface area contributed by atoms with E-state index < -0.39 is 0 Å². The number of carbonyl (C=O) groups is 1. The van der Waals surface area contributed by atoms with Crippen molar-refractivity contribution in [1.29, 1.82) is 0 Å². The van der Waals surface area contributed by atoms with E-state index in [9.17, 15) is 4.79 Å². The summed E-state index contributed by atoms with van der Waals surface area (Å²) in [5, 5.41) is 9.58. The third kappa shape index (κ3) is 2.37. The zero-order valence-corrected chi connectivity index (χ0v) is 10.4. The monoisotopic (exact) mass is 254 g/mol. The third-order valence-electron chi connectivity index (χ3n) is 3.06. The van der Waals surface area contributed by atoms with Crippen LogP contribution in [0.4, 0.5) is 4.79 Å². The van der Waals surface area contributed by atoms with E-state index in [2.05, 4.69) is 0 Å². The van der Waals surface area contributed by atoms with E-state index in [0.29, 0.717) is 18.1 Å². The van der Waals surface area contributed by atoms with Gasteiger partial charge in [-0.1, -0.05) is 23.7 Å². The van der Waals surface area contributed by atoms with Gasteiger partial charge in [0.25, 0.3) is 0 Å². The molecule has 1 unspecified atom stereocenters. The highest BCUT2D eigenvalue weighted by Crippen LogP contribution is 2.28. The number of hydrogen-bond acceptors (Lipinski definition) is 2. The van der Waals surface area contributed by atoms with Crippen molar-refractivity contribution >= 4 is 17.6 Å². The molecule has 2 amide bonds. The fraction of sp³-hybridized carbons (Fsp3) is 0.417. The largest absolute Gasteiger partial charge is 0.395 e. The lowest BCUT2D eigenvalue weighted by atomic mass is 10.1. The molecule has 1 aromatic carbocycles. The van der Waals surface area contributed by atoms with Crippen LogP contribution in [0.25, 0.3) is 0 Å². The molecular weight excluding hydrogens is 240 g/mol. The molecule has 0 bridgehead atoms. The molecule has 17 heavy (non-hydrogen) atoms. The minimum absolute atomic E-state index is 0.00703. The lowest BCUT2D eigenvalue weighted by Crippen LogP contribution is -2.31. The van der Waals surface area contributed by atoms with Gasteiger partial charge in [-0.2, -0.15) is 0 Å². The van der Waals surface area contributed by atoms with Crippen molar-refractivity contribution in [1.82, 2.24) is 9.80 Å². The highest BCUT2D eigenvalue weighted by Gasteiger charge is 2.34. The van der Waals surface area contributed by atoms with Crippen molar-refractivity contribution < 1.29 is 9.90 Å². The molecule has 0 saturated carbocycles. The lowest BCUT2D eigenvalue weighted by molar-refractivity contribution is 0.182. The van der Waals surface area contributed by atoms with E-state index in [1.54, 1.807) is 16.8 Å². The molecular formula is C12H15ClN2O2. The molecule has 1 N–H and O–H groups in total. The molecule has 0 spiro atoms. The number of benzene rings is 1. The molecule has 92 valence electrons. The van der Waals surface area contributed by atoms with E-state index >= 15 is 0 Å². The van der Waals surface area contributed by atoms with Crippen molar-refractivity contribution in [3.63, 3.8) is 0 Å². The van der Waals surface area contributed by atoms with E-state index in [1.807, 2.05) is 24.3 Å². The first kappa shape index (κ1) is 12.2. The van der Waals surface area contributed by atoms with Crippen LogP contribution in [-0.4, -0.2) is 47.7 Å². The Kier molecular flexibility index (Phi) is 3.54. The van der Waals surface area contributed by atoms with Crippen molar-refractivity contribution in [3.8, 4) is 0 Å². The van der Waals surface area contributed by atoms with E-state index in [0.717, 1.165) is 5.56 Å². The third-order valence-corrected chi connectivity index (χ3v) is 3.31. The van der Waals surface area contributed by atoms with Crippen LogP contribution >= 0.6 is 11.6 Å². The second-order valence-corrected chi connectivity index (χ2v) is 4.57. The van der Waals surface area contributed by atoms with Gasteiger partial charge in [-0.05, 0) is 17.7 Å². The Balaban J connectivity index is 2.17. The van der Waals surface area contributed by atoms with Gasteiger partial charge in [0, 0.05) is 25.2 Å². The summed E-state index contributed by atoms with van der Waals surface area (Å²) >= 11 is 5.84. The fourth-order valence-electron chi connectivity index (χ4n) is 2.09. The van der Waals surface area contributed by atoms with Crippen LogP contribution in [0.2, 0.25) is 5.02 Å². The smallest absolute Gasteiger partial charge is 0.320 e. The summed E-state index contributed by atoms with van der Waals surface area (Å²) in [6.07, 6.45) is 0. The molecule has 1 aliphatic heterocycles. The maximum Gasteiger partial charge on any atom is 0.320 e. The molecule has 2 rings (SSSR count). The molecule has 5 heteroatoms. The van der Waals surface area contributed by atoms with Crippen LogP contribution in [0, 0.1) is 0 Å². The minimum Gasteiger partial charge on any atom is -0.395 e. The lowest BCUT2D eigenvalue weighted by Gasteiger charge is -2.17. The van der Waals surface area contributed by atoms with Gasteiger partial charge < -0.3 is 14.9 Å². The van der Waals surface area contributed by atoms with Crippen molar-refractivity contribution in [2.24, 2.45) is 0 Å². The number of β-amino-alcohol motifs (C(OH)–C–C–N with tert-alkyl or cyclic N) is 1. The van der Waals surface area contributed by atoms with Gasteiger partial charge in [-0.15, -0.1) is 0 Å². The van der Waals surface area contributed by atoms with Gasteiger partial charge >= 0.3 is 6.03 Å². The predicted octanol–water partition coefficient (Wildman–Crippen LogP) is 1.74. The van der Waals surface area contributed by atoms with Crippen LogP contribution < -0.4 is 0 Å². The molecule has 0 radical (unpaired) electrons. The number of rotatable bonds is 3. The highest BCUT2D eigenvalue weighted by molar-refractivity contribution is 6.30. The van der Waals surface area contributed by atoms with Crippen LogP contribution in [0.5, 0.6) is 0 Å². The van der Waals surface area contributed by atoms with Crippen LogP contribution in [0.3, 0.4) is 0 Å². The number of likely N-dealkylation sites (N-methyl/N-ethyl adjacent to an activating group) is 1. The Morgan fingerprint density at radius 2 is 2.06 bits per heavy atom. The van der Waals surface area contributed by atoms with Crippen LogP contribution in [0.15, 0.2) is 24.3 Å². The summed E-state index contributed by atoms with van der Waals surface area (Å²) < 4.78 is 0. The number of aliphatic hydroxyl groups excluding tert-OH is 1. The summed E-state index contributed by atoms with van der Waals surface area (Å²) in [5.74, 6) is 0. The summed E-state index contributed by atoms with van der Waals surface area (Å²) in [6, 6.07) is 7.50. The van der Waals surface area contributed by atoms with Gasteiger partial charge in [0.2, 0.25) is 0 Å². The Bertz CT molecular complexity index is 407. The molecule has 1 aliphatic rings. The molecule has 0 aliphatic carbocycles. The van der Waals surface area contributed by atoms with E-state index in [4.69, 9.17) is 16.7 Å². The topological polar surface area (TPSA) is 43.8 Å². The second-order valence-electron chi connectivity index (χ2n) is 4.13. The van der Waals surface area contributed by atoms with Gasteiger partial charge in [-0.3, -0.25) is 0 Å². The van der Waals surface area contributed by atoms with Crippen molar-refractivity contribution in [2.75, 3.05) is 26.7 Å². The molecule has 0 aromatic heterocycles. The average Bonchev–Trinajstić information content (AvgIpc) is 2.59. The van der Waals surface area contributed by atoms with E-state index in [-0.39, 0.29) is 18.7 Å². The maximum atomic E-state index is 11.9. The standard InChI is InChI=1S/C12H15ClN2O2/c1-14-11(8-15(6-7-16)12(14)17)9-2-4-10(13)5-3-9/h2-5,11,16H,6-8H2,1H3. The van der Waals surface area contributed by atoms with E-state index in [1.165, 1.54) is 0 Å². The average molecular weight is 255 g/mol. The normalized spacial score (nSPS) is 20.2. The molecule has 4 nitrogen and oxygen atoms in total. The van der Waals surface area contributed by atoms with Crippen LogP contribution in [0.1, 0.15) is 11.6 Å². The maximum absolute atomic E-state index is 11.9. The van der Waals surface area contributed by atoms with Crippen molar-refractivity contribution in [2.45, 2.75) is 6.04 Å². The number of urea groups is 1. The Labute approximate surface area is 105 Å². The number of aliphatic hydroxyl groups is 1. The number of halogens is 1. The van der Waals surface area contributed by atoms with Crippen LogP contribution in [-0.2, 0) is 0 Å².